The van der Waals surface area contributed by atoms with E-state index in [0.29, 0.717) is 17.5 Å². The van der Waals surface area contributed by atoms with E-state index >= 15 is 0 Å². The van der Waals surface area contributed by atoms with Crippen molar-refractivity contribution in [1.82, 2.24) is 15.0 Å². The van der Waals surface area contributed by atoms with Crippen molar-refractivity contribution < 1.29 is 0 Å². The molecule has 0 N–H and O–H groups in total. The normalized spacial score (nSPS) is 13.0. The smallest absolute Gasteiger partial charge is 0.164 e. The lowest BCUT2D eigenvalue weighted by atomic mass is 9.70. The van der Waals surface area contributed by atoms with Crippen molar-refractivity contribution in [2.45, 2.75) is 5.41 Å². The molecule has 1 spiro atoms. The summed E-state index contributed by atoms with van der Waals surface area (Å²) in [6.07, 6.45) is 0. The van der Waals surface area contributed by atoms with Gasteiger partial charge in [0.1, 0.15) is 0 Å². The first-order valence-corrected chi connectivity index (χ1v) is 21.9. The lowest BCUT2D eigenvalue weighted by molar-refractivity contribution is 0.794. The zero-order chi connectivity index (χ0) is 40.8. The largest absolute Gasteiger partial charge is 0.208 e. The van der Waals surface area contributed by atoms with Crippen LogP contribution < -0.4 is 0 Å². The van der Waals surface area contributed by atoms with Crippen LogP contribution >= 0.6 is 11.3 Å². The molecule has 3 nitrogen and oxygen atoms in total. The fourth-order valence-corrected chi connectivity index (χ4v) is 11.3. The van der Waals surface area contributed by atoms with Gasteiger partial charge in [0.05, 0.1) is 5.41 Å². The van der Waals surface area contributed by atoms with Gasteiger partial charge in [0.2, 0.25) is 0 Å². The molecule has 62 heavy (non-hydrogen) atoms. The van der Waals surface area contributed by atoms with Crippen molar-refractivity contribution in [2.75, 3.05) is 0 Å². The molecular formula is C58H35N3S. The van der Waals surface area contributed by atoms with Crippen LogP contribution in [0.5, 0.6) is 0 Å². The minimum atomic E-state index is -0.347. The molecule has 0 fully saturated rings. The van der Waals surface area contributed by atoms with E-state index in [-0.39, 0.29) is 5.41 Å². The number of nitrogens with zero attached hydrogens (tertiary/aromatic N) is 3. The molecule has 11 aromatic rings. The van der Waals surface area contributed by atoms with Crippen LogP contribution in [0.2, 0.25) is 0 Å². The standard InChI is InChI=1S/C58H35N3S/c1-2-13-37(14-3-1)55-59-56(61-57(60-55)42-16-12-15-39(33-42)41-29-31-47-46-20-7-11-24-53(46)62-54(47)35-41)38-27-25-36(26-28-38)40-30-32-52-48(34-40)45-19-6-10-23-51(45)58(52)49-21-8-4-17-43(49)44-18-5-9-22-50(44)58/h1-35H. The third kappa shape index (κ3) is 5.20. The Labute approximate surface area is 363 Å². The summed E-state index contributed by atoms with van der Waals surface area (Å²) in [5.41, 5.74) is 17.7. The molecule has 2 aromatic heterocycles. The predicted molar refractivity (Wildman–Crippen MR) is 256 cm³/mol. The average molecular weight is 806 g/mol. The highest BCUT2D eigenvalue weighted by atomic mass is 32.1. The number of hydrogen-bond donors (Lipinski definition) is 0. The molecule has 0 radical (unpaired) electrons. The number of hydrogen-bond acceptors (Lipinski definition) is 4. The average Bonchev–Trinajstić information content (AvgIpc) is 3.98. The van der Waals surface area contributed by atoms with E-state index < -0.39 is 0 Å². The summed E-state index contributed by atoms with van der Waals surface area (Å²) in [7, 11) is 0. The van der Waals surface area contributed by atoms with E-state index in [1.165, 1.54) is 75.8 Å². The lowest BCUT2D eigenvalue weighted by Crippen LogP contribution is -2.25. The van der Waals surface area contributed by atoms with Gasteiger partial charge in [-0.05, 0) is 91.0 Å². The van der Waals surface area contributed by atoms with Gasteiger partial charge in [0.25, 0.3) is 0 Å². The number of benzene rings is 9. The molecule has 2 heterocycles. The minimum Gasteiger partial charge on any atom is -0.208 e. The molecule has 288 valence electrons. The van der Waals surface area contributed by atoms with Gasteiger partial charge >= 0.3 is 0 Å². The lowest BCUT2D eigenvalue weighted by Gasteiger charge is -2.30. The van der Waals surface area contributed by atoms with Gasteiger partial charge in [-0.15, -0.1) is 11.3 Å². The number of fused-ring (bicyclic) bond motifs is 13. The summed E-state index contributed by atoms with van der Waals surface area (Å²) in [6, 6.07) is 76.8. The number of thiophene rings is 1. The quantitative estimate of drug-likeness (QED) is 0.174. The highest BCUT2D eigenvalue weighted by molar-refractivity contribution is 7.25. The summed E-state index contributed by atoms with van der Waals surface area (Å²) in [4.78, 5) is 15.3. The van der Waals surface area contributed by atoms with E-state index in [9.17, 15) is 0 Å². The molecule has 2 aliphatic rings. The maximum Gasteiger partial charge on any atom is 0.164 e. The van der Waals surface area contributed by atoms with Crippen molar-refractivity contribution in [3.05, 3.63) is 235 Å². The van der Waals surface area contributed by atoms with Gasteiger partial charge in [-0.1, -0.05) is 188 Å². The maximum atomic E-state index is 5.14. The molecule has 0 bridgehead atoms. The molecule has 13 rings (SSSR count). The topological polar surface area (TPSA) is 38.7 Å². The molecule has 0 aliphatic heterocycles. The van der Waals surface area contributed by atoms with Crippen molar-refractivity contribution in [3.8, 4) is 78.7 Å². The van der Waals surface area contributed by atoms with Crippen molar-refractivity contribution in [1.29, 1.82) is 0 Å². The Hall–Kier alpha value is -7.79. The molecule has 0 amide bonds. The first kappa shape index (κ1) is 35.0. The van der Waals surface area contributed by atoms with Gasteiger partial charge in [-0.2, -0.15) is 0 Å². The molecule has 0 saturated heterocycles. The number of rotatable bonds is 5. The third-order valence-corrected chi connectivity index (χ3v) is 14.1. The van der Waals surface area contributed by atoms with Crippen LogP contribution in [0.15, 0.2) is 212 Å². The highest BCUT2D eigenvalue weighted by Crippen LogP contribution is 2.63. The summed E-state index contributed by atoms with van der Waals surface area (Å²) in [5.74, 6) is 1.93. The van der Waals surface area contributed by atoms with E-state index in [4.69, 9.17) is 15.0 Å². The van der Waals surface area contributed by atoms with Crippen molar-refractivity contribution in [3.63, 3.8) is 0 Å². The first-order valence-electron chi connectivity index (χ1n) is 21.1. The molecule has 0 atom stereocenters. The van der Waals surface area contributed by atoms with Gasteiger partial charge in [-0.3, -0.25) is 0 Å². The molecule has 9 aromatic carbocycles. The first-order chi connectivity index (χ1) is 30.7. The van der Waals surface area contributed by atoms with Crippen LogP contribution in [0, 0.1) is 0 Å². The minimum absolute atomic E-state index is 0.347. The summed E-state index contributed by atoms with van der Waals surface area (Å²) < 4.78 is 2.59. The Kier molecular flexibility index (Phi) is 7.69. The van der Waals surface area contributed by atoms with Crippen molar-refractivity contribution >= 4 is 31.5 Å². The summed E-state index contributed by atoms with van der Waals surface area (Å²) in [6.45, 7) is 0. The molecule has 4 heteroatoms. The Morgan fingerprint density at radius 1 is 0.274 bits per heavy atom. The highest BCUT2D eigenvalue weighted by Gasteiger charge is 2.51. The summed E-state index contributed by atoms with van der Waals surface area (Å²) in [5, 5.41) is 2.60. The van der Waals surface area contributed by atoms with Crippen LogP contribution in [0.3, 0.4) is 0 Å². The van der Waals surface area contributed by atoms with Crippen LogP contribution in [-0.2, 0) is 5.41 Å². The Bertz CT molecular complexity index is 3540. The van der Waals surface area contributed by atoms with Gasteiger partial charge in [-0.25, -0.2) is 15.0 Å². The van der Waals surface area contributed by atoms with Crippen LogP contribution in [-0.4, -0.2) is 15.0 Å². The summed E-state index contributed by atoms with van der Waals surface area (Å²) >= 11 is 1.84. The molecule has 0 unspecified atom stereocenters. The molecule has 2 aliphatic carbocycles. The van der Waals surface area contributed by atoms with Crippen LogP contribution in [0.1, 0.15) is 22.3 Å². The fourth-order valence-electron chi connectivity index (χ4n) is 10.2. The van der Waals surface area contributed by atoms with Gasteiger partial charge in [0.15, 0.2) is 17.5 Å². The molecular weight excluding hydrogens is 771 g/mol. The van der Waals surface area contributed by atoms with E-state index in [2.05, 4.69) is 194 Å². The maximum absolute atomic E-state index is 5.14. The van der Waals surface area contributed by atoms with Crippen LogP contribution in [0.4, 0.5) is 0 Å². The molecule has 0 saturated carbocycles. The second-order valence-corrected chi connectivity index (χ2v) is 17.4. The predicted octanol–water partition coefficient (Wildman–Crippen LogP) is 14.9. The fraction of sp³-hybridized carbons (Fsp3) is 0.0172. The SMILES string of the molecule is c1ccc(-c2nc(-c3ccc(-c4ccc5c(c4)-c4ccccc4C54c5ccccc5-c5ccccc54)cc3)nc(-c3cccc(-c4ccc5c(c4)sc4ccccc45)c3)n2)cc1. The van der Waals surface area contributed by atoms with Gasteiger partial charge in [0, 0.05) is 36.9 Å². The Balaban J connectivity index is 0.885. The Morgan fingerprint density at radius 3 is 1.44 bits per heavy atom. The third-order valence-electron chi connectivity index (χ3n) is 13.0. The Morgan fingerprint density at radius 2 is 0.726 bits per heavy atom. The van der Waals surface area contributed by atoms with Gasteiger partial charge < -0.3 is 0 Å². The zero-order valence-corrected chi connectivity index (χ0v) is 34.3. The number of aromatic nitrogens is 3. The second-order valence-electron chi connectivity index (χ2n) is 16.3. The second kappa shape index (κ2) is 13.6. The van der Waals surface area contributed by atoms with Crippen LogP contribution in [0.25, 0.3) is 98.8 Å². The van der Waals surface area contributed by atoms with E-state index in [1.54, 1.807) is 0 Å². The van der Waals surface area contributed by atoms with E-state index in [1.807, 2.05) is 29.5 Å². The zero-order valence-electron chi connectivity index (χ0n) is 33.5. The monoisotopic (exact) mass is 805 g/mol. The van der Waals surface area contributed by atoms with E-state index in [0.717, 1.165) is 27.8 Å². The van der Waals surface area contributed by atoms with Crippen molar-refractivity contribution in [2.24, 2.45) is 0 Å².